The summed E-state index contributed by atoms with van der Waals surface area (Å²) in [5.41, 5.74) is 1.16. The van der Waals surface area contributed by atoms with Crippen LogP contribution in [0.15, 0.2) is 12.5 Å². The molecule has 0 saturated heterocycles. The first-order valence-electron chi connectivity index (χ1n) is 5.93. The van der Waals surface area contributed by atoms with Crippen molar-refractivity contribution in [3.63, 3.8) is 0 Å². The van der Waals surface area contributed by atoms with Crippen LogP contribution in [0.5, 0.6) is 0 Å². The summed E-state index contributed by atoms with van der Waals surface area (Å²) < 4.78 is 2.01. The molecule has 0 aliphatic heterocycles. The molecule has 15 heavy (non-hydrogen) atoms. The molecule has 1 aromatic rings. The number of unbranched alkanes of at least 4 members (excludes halogenated alkanes) is 3. The Kier molecular flexibility index (Phi) is 5.40. The van der Waals surface area contributed by atoms with Crippen LogP contribution >= 0.6 is 0 Å². The Morgan fingerprint density at radius 2 is 2.20 bits per heavy atom. The minimum absolute atomic E-state index is 0.419. The van der Waals surface area contributed by atoms with E-state index in [-0.39, 0.29) is 0 Å². The summed E-state index contributed by atoms with van der Waals surface area (Å²) in [7, 11) is 4.03. The minimum atomic E-state index is 0.419. The van der Waals surface area contributed by atoms with Gasteiger partial charge in [0.2, 0.25) is 0 Å². The van der Waals surface area contributed by atoms with Crippen molar-refractivity contribution in [3.8, 4) is 0 Å². The van der Waals surface area contributed by atoms with Crippen LogP contribution in [0.1, 0.15) is 50.8 Å². The molecule has 1 N–H and O–H groups in total. The lowest BCUT2D eigenvalue weighted by Crippen LogP contribution is -2.16. The van der Waals surface area contributed by atoms with Crippen LogP contribution in [-0.2, 0) is 7.05 Å². The second-order valence-electron chi connectivity index (χ2n) is 4.15. The topological polar surface area (TPSA) is 29.9 Å². The lowest BCUT2D eigenvalue weighted by Gasteiger charge is -2.13. The van der Waals surface area contributed by atoms with E-state index in [1.165, 1.54) is 32.1 Å². The van der Waals surface area contributed by atoms with Gasteiger partial charge in [-0.05, 0) is 13.5 Å². The number of hydrogen-bond acceptors (Lipinski definition) is 2. The normalized spacial score (nSPS) is 13.0. The molecule has 1 aromatic heterocycles. The molecule has 0 aliphatic rings. The fraction of sp³-hybridized carbons (Fsp3) is 0.750. The molecule has 0 aliphatic carbocycles. The van der Waals surface area contributed by atoms with E-state index in [2.05, 4.69) is 23.4 Å². The van der Waals surface area contributed by atoms with E-state index in [9.17, 15) is 0 Å². The van der Waals surface area contributed by atoms with Crippen LogP contribution in [0.2, 0.25) is 0 Å². The molecule has 0 aromatic carbocycles. The molecule has 0 radical (unpaired) electrons. The molecular formula is C12H23N3. The summed E-state index contributed by atoms with van der Waals surface area (Å²) in [6.07, 6.45) is 10.4. The summed E-state index contributed by atoms with van der Waals surface area (Å²) in [6, 6.07) is 0.419. The van der Waals surface area contributed by atoms with Gasteiger partial charge < -0.3 is 9.88 Å². The Morgan fingerprint density at radius 3 is 2.73 bits per heavy atom. The SMILES string of the molecule is CCCCCCC(NC)c1cn(C)cn1. The van der Waals surface area contributed by atoms with Crippen LogP contribution in [0, 0.1) is 0 Å². The molecule has 0 amide bonds. The molecular weight excluding hydrogens is 186 g/mol. The van der Waals surface area contributed by atoms with Crippen molar-refractivity contribution in [2.75, 3.05) is 7.05 Å². The predicted octanol–water partition coefficient (Wildman–Crippen LogP) is 2.65. The van der Waals surface area contributed by atoms with Gasteiger partial charge in [-0.15, -0.1) is 0 Å². The van der Waals surface area contributed by atoms with Gasteiger partial charge >= 0.3 is 0 Å². The molecule has 0 spiro atoms. The zero-order chi connectivity index (χ0) is 11.1. The Morgan fingerprint density at radius 1 is 1.40 bits per heavy atom. The summed E-state index contributed by atoms with van der Waals surface area (Å²) in [4.78, 5) is 4.39. The first-order valence-corrected chi connectivity index (χ1v) is 5.93. The quantitative estimate of drug-likeness (QED) is 0.700. The maximum Gasteiger partial charge on any atom is 0.0947 e. The number of nitrogens with zero attached hydrogens (tertiary/aromatic N) is 2. The van der Waals surface area contributed by atoms with Gasteiger partial charge in [0.05, 0.1) is 18.1 Å². The van der Waals surface area contributed by atoms with Gasteiger partial charge in [-0.25, -0.2) is 4.98 Å². The third-order valence-electron chi connectivity index (χ3n) is 2.78. The number of imidazole rings is 1. The second-order valence-corrected chi connectivity index (χ2v) is 4.15. The van der Waals surface area contributed by atoms with E-state index < -0.39 is 0 Å². The molecule has 1 heterocycles. The van der Waals surface area contributed by atoms with Gasteiger partial charge in [0, 0.05) is 13.2 Å². The highest BCUT2D eigenvalue weighted by Gasteiger charge is 2.10. The number of nitrogens with one attached hydrogen (secondary N) is 1. The van der Waals surface area contributed by atoms with Crippen molar-refractivity contribution in [2.45, 2.75) is 45.1 Å². The summed E-state index contributed by atoms with van der Waals surface area (Å²) in [5.74, 6) is 0. The van der Waals surface area contributed by atoms with E-state index in [0.717, 1.165) is 5.69 Å². The lowest BCUT2D eigenvalue weighted by molar-refractivity contribution is 0.497. The van der Waals surface area contributed by atoms with Crippen LogP contribution in [0.3, 0.4) is 0 Å². The van der Waals surface area contributed by atoms with Gasteiger partial charge in [0.25, 0.3) is 0 Å². The number of aromatic nitrogens is 2. The molecule has 0 bridgehead atoms. The van der Waals surface area contributed by atoms with E-state index in [0.29, 0.717) is 6.04 Å². The molecule has 1 unspecified atom stereocenters. The van der Waals surface area contributed by atoms with Gasteiger partial charge in [-0.3, -0.25) is 0 Å². The Hall–Kier alpha value is -0.830. The fourth-order valence-electron chi connectivity index (χ4n) is 1.83. The lowest BCUT2D eigenvalue weighted by atomic mass is 10.1. The Balaban J connectivity index is 2.35. The molecule has 3 heteroatoms. The largest absolute Gasteiger partial charge is 0.340 e. The highest BCUT2D eigenvalue weighted by molar-refractivity contribution is 5.03. The maximum absolute atomic E-state index is 4.39. The zero-order valence-corrected chi connectivity index (χ0v) is 10.2. The minimum Gasteiger partial charge on any atom is -0.340 e. The zero-order valence-electron chi connectivity index (χ0n) is 10.2. The molecule has 1 rings (SSSR count). The van der Waals surface area contributed by atoms with Gasteiger partial charge in [-0.2, -0.15) is 0 Å². The first kappa shape index (κ1) is 12.2. The average molecular weight is 209 g/mol. The van der Waals surface area contributed by atoms with Crippen molar-refractivity contribution in [2.24, 2.45) is 7.05 Å². The van der Waals surface area contributed by atoms with Crippen molar-refractivity contribution < 1.29 is 0 Å². The van der Waals surface area contributed by atoms with Crippen LogP contribution in [0.25, 0.3) is 0 Å². The fourth-order valence-corrected chi connectivity index (χ4v) is 1.83. The summed E-state index contributed by atoms with van der Waals surface area (Å²) in [6.45, 7) is 2.24. The van der Waals surface area contributed by atoms with E-state index in [1.54, 1.807) is 0 Å². The van der Waals surface area contributed by atoms with Gasteiger partial charge in [0.15, 0.2) is 0 Å². The standard InChI is InChI=1S/C12H23N3/c1-4-5-6-7-8-11(13-2)12-9-15(3)10-14-12/h9-11,13H,4-8H2,1-3H3. The molecule has 0 fully saturated rings. The smallest absolute Gasteiger partial charge is 0.0947 e. The second kappa shape index (κ2) is 6.62. The highest BCUT2D eigenvalue weighted by atomic mass is 15.0. The third kappa shape index (κ3) is 4.04. The average Bonchev–Trinajstić information content (AvgIpc) is 2.65. The Labute approximate surface area is 92.9 Å². The number of hydrogen-bond donors (Lipinski definition) is 1. The monoisotopic (exact) mass is 209 g/mol. The van der Waals surface area contributed by atoms with Crippen LogP contribution in [-0.4, -0.2) is 16.6 Å². The van der Waals surface area contributed by atoms with Crippen molar-refractivity contribution in [1.29, 1.82) is 0 Å². The van der Waals surface area contributed by atoms with Crippen LogP contribution in [0.4, 0.5) is 0 Å². The first-order chi connectivity index (χ1) is 7.27. The number of aryl methyl sites for hydroxylation is 1. The summed E-state index contributed by atoms with van der Waals surface area (Å²) >= 11 is 0. The van der Waals surface area contributed by atoms with Crippen molar-refractivity contribution in [3.05, 3.63) is 18.2 Å². The predicted molar refractivity (Wildman–Crippen MR) is 63.8 cm³/mol. The summed E-state index contributed by atoms with van der Waals surface area (Å²) in [5, 5.41) is 3.33. The highest BCUT2D eigenvalue weighted by Crippen LogP contribution is 2.17. The van der Waals surface area contributed by atoms with Crippen LogP contribution < -0.4 is 5.32 Å². The molecule has 1 atom stereocenters. The molecule has 0 saturated carbocycles. The van der Waals surface area contributed by atoms with E-state index in [4.69, 9.17) is 0 Å². The van der Waals surface area contributed by atoms with Crippen molar-refractivity contribution in [1.82, 2.24) is 14.9 Å². The number of rotatable bonds is 7. The van der Waals surface area contributed by atoms with E-state index in [1.807, 2.05) is 25.0 Å². The van der Waals surface area contributed by atoms with Gasteiger partial charge in [-0.1, -0.05) is 32.6 Å². The van der Waals surface area contributed by atoms with Crippen molar-refractivity contribution >= 4 is 0 Å². The van der Waals surface area contributed by atoms with Gasteiger partial charge in [0.1, 0.15) is 0 Å². The van der Waals surface area contributed by atoms with E-state index >= 15 is 0 Å². The molecule has 86 valence electrons. The third-order valence-corrected chi connectivity index (χ3v) is 2.78. The maximum atomic E-state index is 4.39. The molecule has 3 nitrogen and oxygen atoms in total. The Bertz CT molecular complexity index is 268.